The Labute approximate surface area is 112 Å². The lowest BCUT2D eigenvalue weighted by Gasteiger charge is -2.09. The molecule has 1 heterocycles. The van der Waals surface area contributed by atoms with Gasteiger partial charge in [0.2, 0.25) is 0 Å². The van der Waals surface area contributed by atoms with Crippen molar-refractivity contribution in [3.05, 3.63) is 47.8 Å². The molecule has 0 spiro atoms. The summed E-state index contributed by atoms with van der Waals surface area (Å²) in [5.74, 6) is -0.160. The zero-order chi connectivity index (χ0) is 14.8. The molecule has 20 heavy (non-hydrogen) atoms. The number of hydrogen-bond acceptors (Lipinski definition) is 4. The summed E-state index contributed by atoms with van der Waals surface area (Å²) in [7, 11) is 0. The van der Waals surface area contributed by atoms with Crippen molar-refractivity contribution in [2.75, 3.05) is 0 Å². The van der Waals surface area contributed by atoms with E-state index in [0.717, 1.165) is 12.3 Å². The molecule has 0 saturated heterocycles. The summed E-state index contributed by atoms with van der Waals surface area (Å²) < 4.78 is 42.7. The Morgan fingerprint density at radius 2 is 1.90 bits per heavy atom. The first-order valence-corrected chi connectivity index (χ1v) is 5.56. The number of halogens is 3. The minimum Gasteiger partial charge on any atom is -0.424 e. The molecule has 1 aromatic carbocycles. The maximum Gasteiger partial charge on any atom is 0.433 e. The van der Waals surface area contributed by atoms with Gasteiger partial charge in [0.05, 0.1) is 5.56 Å². The van der Waals surface area contributed by atoms with E-state index >= 15 is 0 Å². The van der Waals surface area contributed by atoms with Crippen LogP contribution >= 0.6 is 0 Å². The molecule has 1 aromatic heterocycles. The number of aromatic nitrogens is 2. The molecular weight excluding hydrogens is 273 g/mol. The average molecular weight is 282 g/mol. The van der Waals surface area contributed by atoms with Crippen LogP contribution < -0.4 is 4.74 Å². The maximum atomic E-state index is 12.5. The van der Waals surface area contributed by atoms with Gasteiger partial charge in [-0.1, -0.05) is 12.1 Å². The third-order valence-corrected chi connectivity index (χ3v) is 2.39. The number of ketones is 1. The Morgan fingerprint density at radius 1 is 1.20 bits per heavy atom. The van der Waals surface area contributed by atoms with Crippen LogP contribution in [0.3, 0.4) is 0 Å². The minimum atomic E-state index is -4.58. The number of carbonyl (C=O) groups is 1. The lowest BCUT2D eigenvalue weighted by Crippen LogP contribution is -2.09. The van der Waals surface area contributed by atoms with E-state index in [2.05, 4.69) is 9.97 Å². The van der Waals surface area contributed by atoms with Gasteiger partial charge in [-0.3, -0.25) is 4.79 Å². The van der Waals surface area contributed by atoms with Gasteiger partial charge in [0.1, 0.15) is 5.75 Å². The fourth-order valence-electron chi connectivity index (χ4n) is 1.49. The van der Waals surface area contributed by atoms with Crippen molar-refractivity contribution in [1.82, 2.24) is 9.97 Å². The van der Waals surface area contributed by atoms with Crippen molar-refractivity contribution < 1.29 is 22.7 Å². The second kappa shape index (κ2) is 5.28. The SMILES string of the molecule is CC(=O)c1ccccc1Oc1nccc(C(F)(F)F)n1. The van der Waals surface area contributed by atoms with Crippen molar-refractivity contribution >= 4 is 5.78 Å². The number of carbonyl (C=O) groups excluding carboxylic acids is 1. The van der Waals surface area contributed by atoms with E-state index in [1.165, 1.54) is 19.1 Å². The highest BCUT2D eigenvalue weighted by Gasteiger charge is 2.33. The zero-order valence-electron chi connectivity index (χ0n) is 10.3. The summed E-state index contributed by atoms with van der Waals surface area (Å²) in [6.07, 6.45) is -3.64. The first-order chi connectivity index (χ1) is 9.38. The molecule has 7 heteroatoms. The van der Waals surface area contributed by atoms with E-state index in [-0.39, 0.29) is 17.1 Å². The van der Waals surface area contributed by atoms with Gasteiger partial charge in [0, 0.05) is 6.20 Å². The van der Waals surface area contributed by atoms with Crippen LogP contribution in [0.25, 0.3) is 0 Å². The normalized spacial score (nSPS) is 11.2. The Morgan fingerprint density at radius 3 is 2.55 bits per heavy atom. The Hall–Kier alpha value is -2.44. The summed E-state index contributed by atoms with van der Waals surface area (Å²) in [5, 5.41) is 0. The molecule has 0 atom stereocenters. The smallest absolute Gasteiger partial charge is 0.424 e. The van der Waals surface area contributed by atoms with Crippen LogP contribution in [0.5, 0.6) is 11.8 Å². The highest BCUT2D eigenvalue weighted by molar-refractivity contribution is 5.96. The monoisotopic (exact) mass is 282 g/mol. The van der Waals surface area contributed by atoms with Crippen molar-refractivity contribution in [3.8, 4) is 11.8 Å². The predicted molar refractivity (Wildman–Crippen MR) is 63.6 cm³/mol. The van der Waals surface area contributed by atoms with Crippen LogP contribution in [-0.2, 0) is 6.18 Å². The standard InChI is InChI=1S/C13H9F3N2O2/c1-8(19)9-4-2-3-5-10(9)20-12-17-7-6-11(18-12)13(14,15)16/h2-7H,1H3. The van der Waals surface area contributed by atoms with E-state index in [4.69, 9.17) is 4.74 Å². The van der Waals surface area contributed by atoms with Gasteiger partial charge in [0.25, 0.3) is 0 Å². The molecule has 2 aromatic rings. The number of rotatable bonds is 3. The largest absolute Gasteiger partial charge is 0.433 e. The third kappa shape index (κ3) is 3.11. The van der Waals surface area contributed by atoms with E-state index in [9.17, 15) is 18.0 Å². The molecule has 2 rings (SSSR count). The Balaban J connectivity index is 2.34. The number of nitrogens with zero attached hydrogens (tertiary/aromatic N) is 2. The van der Waals surface area contributed by atoms with Gasteiger partial charge < -0.3 is 4.74 Å². The van der Waals surface area contributed by atoms with E-state index in [1.807, 2.05) is 0 Å². The molecule has 0 aliphatic carbocycles. The molecule has 104 valence electrons. The van der Waals surface area contributed by atoms with Gasteiger partial charge in [-0.2, -0.15) is 18.2 Å². The number of alkyl halides is 3. The number of hydrogen-bond donors (Lipinski definition) is 0. The molecule has 0 amide bonds. The number of benzene rings is 1. The van der Waals surface area contributed by atoms with Gasteiger partial charge in [0.15, 0.2) is 11.5 Å². The number of Topliss-reactive ketones (excluding diaryl/α,β-unsaturated/α-hetero) is 1. The molecule has 0 aliphatic heterocycles. The summed E-state index contributed by atoms with van der Waals surface area (Å²) in [6, 6.07) is 6.45. The molecule has 0 unspecified atom stereocenters. The van der Waals surface area contributed by atoms with Gasteiger partial charge in [-0.25, -0.2) is 4.98 Å². The third-order valence-electron chi connectivity index (χ3n) is 2.39. The summed E-state index contributed by atoms with van der Waals surface area (Å²) >= 11 is 0. The highest BCUT2D eigenvalue weighted by Crippen LogP contribution is 2.29. The molecule has 0 bridgehead atoms. The van der Waals surface area contributed by atoms with Crippen molar-refractivity contribution in [2.45, 2.75) is 13.1 Å². The first kappa shape index (κ1) is 14.0. The first-order valence-electron chi connectivity index (χ1n) is 5.56. The second-order valence-electron chi connectivity index (χ2n) is 3.88. The highest BCUT2D eigenvalue weighted by atomic mass is 19.4. The topological polar surface area (TPSA) is 52.1 Å². The van der Waals surface area contributed by atoms with Crippen molar-refractivity contribution in [2.24, 2.45) is 0 Å². The van der Waals surface area contributed by atoms with E-state index in [1.54, 1.807) is 12.1 Å². The van der Waals surface area contributed by atoms with Gasteiger partial charge in [-0.05, 0) is 25.1 Å². The van der Waals surface area contributed by atoms with E-state index in [0.29, 0.717) is 0 Å². The molecular formula is C13H9F3N2O2. The zero-order valence-corrected chi connectivity index (χ0v) is 10.3. The summed E-state index contributed by atoms with van der Waals surface area (Å²) in [5.41, 5.74) is -0.865. The quantitative estimate of drug-likeness (QED) is 0.809. The molecule has 0 N–H and O–H groups in total. The molecule has 0 aliphatic rings. The van der Waals surface area contributed by atoms with Crippen LogP contribution in [0.4, 0.5) is 13.2 Å². The predicted octanol–water partition coefficient (Wildman–Crippen LogP) is 3.49. The Kier molecular flexibility index (Phi) is 3.69. The van der Waals surface area contributed by atoms with Gasteiger partial charge >= 0.3 is 12.2 Å². The lowest BCUT2D eigenvalue weighted by molar-refractivity contribution is -0.141. The van der Waals surface area contributed by atoms with Crippen LogP contribution in [0.1, 0.15) is 23.0 Å². The molecule has 4 nitrogen and oxygen atoms in total. The summed E-state index contributed by atoms with van der Waals surface area (Å²) in [6.45, 7) is 1.33. The maximum absolute atomic E-state index is 12.5. The Bertz CT molecular complexity index is 642. The van der Waals surface area contributed by atoms with E-state index < -0.39 is 17.9 Å². The second-order valence-corrected chi connectivity index (χ2v) is 3.88. The molecule has 0 saturated carbocycles. The lowest BCUT2D eigenvalue weighted by atomic mass is 10.1. The number of ether oxygens (including phenoxy) is 1. The molecule has 0 radical (unpaired) electrons. The van der Waals surface area contributed by atoms with Crippen LogP contribution in [-0.4, -0.2) is 15.8 Å². The minimum absolute atomic E-state index is 0.110. The van der Waals surface area contributed by atoms with Crippen molar-refractivity contribution in [3.63, 3.8) is 0 Å². The number of para-hydroxylation sites is 1. The van der Waals surface area contributed by atoms with Crippen LogP contribution in [0.2, 0.25) is 0 Å². The average Bonchev–Trinajstić information content (AvgIpc) is 2.38. The fourth-order valence-corrected chi connectivity index (χ4v) is 1.49. The van der Waals surface area contributed by atoms with Crippen LogP contribution in [0.15, 0.2) is 36.5 Å². The van der Waals surface area contributed by atoms with Crippen molar-refractivity contribution in [1.29, 1.82) is 0 Å². The molecule has 0 fully saturated rings. The summed E-state index contributed by atoms with van der Waals surface area (Å²) in [4.78, 5) is 18.3. The van der Waals surface area contributed by atoms with Crippen LogP contribution in [0, 0.1) is 0 Å². The fraction of sp³-hybridized carbons (Fsp3) is 0.154. The van der Waals surface area contributed by atoms with Gasteiger partial charge in [-0.15, -0.1) is 0 Å².